The van der Waals surface area contributed by atoms with Gasteiger partial charge in [0.05, 0.1) is 0 Å². The van der Waals surface area contributed by atoms with Gasteiger partial charge in [-0.3, -0.25) is 0 Å². The molecule has 1 aromatic carbocycles. The summed E-state index contributed by atoms with van der Waals surface area (Å²) in [7, 11) is 2.00. The van der Waals surface area contributed by atoms with E-state index in [2.05, 4.69) is 10.2 Å². The number of hydrogen-bond donors (Lipinski definition) is 2. The molecule has 3 nitrogen and oxygen atoms in total. The number of anilines is 2. The summed E-state index contributed by atoms with van der Waals surface area (Å²) in [5, 5.41) is 2.93. The maximum absolute atomic E-state index is 13.6. The van der Waals surface area contributed by atoms with Crippen LogP contribution in [0, 0.1) is 11.6 Å². The van der Waals surface area contributed by atoms with E-state index in [0.717, 1.165) is 38.1 Å². The number of nitrogens with two attached hydrogens (primary N) is 1. The van der Waals surface area contributed by atoms with Crippen LogP contribution in [-0.4, -0.2) is 31.1 Å². The van der Waals surface area contributed by atoms with Gasteiger partial charge >= 0.3 is 0 Å². The van der Waals surface area contributed by atoms with Gasteiger partial charge in [-0.2, -0.15) is 0 Å². The van der Waals surface area contributed by atoms with Crippen LogP contribution in [0.15, 0.2) is 12.1 Å². The molecule has 1 saturated heterocycles. The molecule has 0 saturated carbocycles. The second-order valence-corrected chi connectivity index (χ2v) is 4.61. The Hall–Kier alpha value is -1.36. The molecule has 0 aromatic heterocycles. The van der Waals surface area contributed by atoms with Crippen LogP contribution in [0.5, 0.6) is 0 Å². The first-order chi connectivity index (χ1) is 8.06. The molecule has 1 aliphatic heterocycles. The molecule has 17 heavy (non-hydrogen) atoms. The number of rotatable bonds is 2. The van der Waals surface area contributed by atoms with Gasteiger partial charge in [-0.05, 0) is 38.6 Å². The largest absolute Gasteiger partial charge is 0.399 e. The number of benzene rings is 1. The lowest BCUT2D eigenvalue weighted by molar-refractivity contribution is 0.260. The summed E-state index contributed by atoms with van der Waals surface area (Å²) in [6.45, 7) is 1.83. The highest BCUT2D eigenvalue weighted by atomic mass is 19.1. The molecular formula is C12H17F2N3. The number of likely N-dealkylation sites (N-methyl/N-ethyl adjacent to an activating group) is 1. The molecule has 1 aromatic rings. The van der Waals surface area contributed by atoms with Crippen molar-refractivity contribution in [2.75, 3.05) is 31.2 Å². The van der Waals surface area contributed by atoms with E-state index in [1.165, 1.54) is 0 Å². The van der Waals surface area contributed by atoms with Crippen LogP contribution >= 0.6 is 0 Å². The van der Waals surface area contributed by atoms with E-state index in [0.29, 0.717) is 0 Å². The van der Waals surface area contributed by atoms with Crippen molar-refractivity contribution in [2.24, 2.45) is 0 Å². The van der Waals surface area contributed by atoms with Gasteiger partial charge in [0.1, 0.15) is 5.69 Å². The molecule has 1 unspecified atom stereocenters. The zero-order chi connectivity index (χ0) is 12.4. The molecule has 3 N–H and O–H groups in total. The third-order valence-corrected chi connectivity index (χ3v) is 3.04. The van der Waals surface area contributed by atoms with Gasteiger partial charge in [-0.15, -0.1) is 0 Å². The summed E-state index contributed by atoms with van der Waals surface area (Å²) < 4.78 is 27.1. The number of halogens is 2. The van der Waals surface area contributed by atoms with Crippen molar-refractivity contribution in [3.8, 4) is 0 Å². The van der Waals surface area contributed by atoms with E-state index >= 15 is 0 Å². The van der Waals surface area contributed by atoms with Crippen LogP contribution in [0.4, 0.5) is 20.2 Å². The topological polar surface area (TPSA) is 41.3 Å². The minimum atomic E-state index is -0.629. The van der Waals surface area contributed by atoms with Crippen molar-refractivity contribution in [3.63, 3.8) is 0 Å². The summed E-state index contributed by atoms with van der Waals surface area (Å²) in [5.41, 5.74) is 5.40. The van der Waals surface area contributed by atoms with Crippen molar-refractivity contribution >= 4 is 11.4 Å². The summed E-state index contributed by atoms with van der Waals surface area (Å²) in [6.07, 6.45) is 1.96. The lowest BCUT2D eigenvalue weighted by atomic mass is 10.1. The molecule has 0 bridgehead atoms. The molecule has 0 amide bonds. The first kappa shape index (κ1) is 12.1. The number of nitrogens with one attached hydrogen (secondary N) is 1. The van der Waals surface area contributed by atoms with Gasteiger partial charge in [0, 0.05) is 18.3 Å². The first-order valence-electron chi connectivity index (χ1n) is 5.76. The quantitative estimate of drug-likeness (QED) is 0.779. The predicted octanol–water partition coefficient (Wildman–Crippen LogP) is 2.05. The SMILES string of the molecule is CN1CCCC(Nc2c(F)cc(N)cc2F)C1. The molecule has 1 fully saturated rings. The fourth-order valence-electron chi connectivity index (χ4n) is 2.22. The number of likely N-dealkylation sites (tertiary alicyclic amines) is 1. The minimum absolute atomic E-state index is 0.0699. The Bertz CT molecular complexity index is 386. The predicted molar refractivity (Wildman–Crippen MR) is 64.9 cm³/mol. The standard InChI is InChI=1S/C12H17F2N3/c1-17-4-2-3-9(7-17)16-12-10(13)5-8(15)6-11(12)14/h5-6,9,16H,2-4,7,15H2,1H3. The Kier molecular flexibility index (Phi) is 3.47. The Morgan fingerprint density at radius 2 is 2.00 bits per heavy atom. The average molecular weight is 241 g/mol. The van der Waals surface area contributed by atoms with E-state index in [9.17, 15) is 8.78 Å². The summed E-state index contributed by atoms with van der Waals surface area (Å²) in [5.74, 6) is -1.26. The number of nitrogen functional groups attached to an aromatic ring is 1. The average Bonchev–Trinajstić information content (AvgIpc) is 2.23. The normalized spacial score (nSPS) is 21.5. The highest BCUT2D eigenvalue weighted by Crippen LogP contribution is 2.24. The van der Waals surface area contributed by atoms with Gasteiger partial charge in [0.2, 0.25) is 0 Å². The highest BCUT2D eigenvalue weighted by Gasteiger charge is 2.20. The Labute approximate surface area is 99.6 Å². The van der Waals surface area contributed by atoms with Crippen LogP contribution in [0.1, 0.15) is 12.8 Å². The van der Waals surface area contributed by atoms with Crippen LogP contribution < -0.4 is 11.1 Å². The second kappa shape index (κ2) is 4.87. The fraction of sp³-hybridized carbons (Fsp3) is 0.500. The lowest BCUT2D eigenvalue weighted by Crippen LogP contribution is -2.40. The van der Waals surface area contributed by atoms with Crippen molar-refractivity contribution in [3.05, 3.63) is 23.8 Å². The smallest absolute Gasteiger partial charge is 0.151 e. The maximum Gasteiger partial charge on any atom is 0.151 e. The Balaban J connectivity index is 2.12. The number of nitrogens with zero attached hydrogens (tertiary/aromatic N) is 1. The van der Waals surface area contributed by atoms with E-state index in [-0.39, 0.29) is 17.4 Å². The molecule has 1 atom stereocenters. The summed E-state index contributed by atoms with van der Waals surface area (Å²) in [6, 6.07) is 2.36. The van der Waals surface area contributed by atoms with Gasteiger partial charge < -0.3 is 16.0 Å². The summed E-state index contributed by atoms with van der Waals surface area (Å²) in [4.78, 5) is 2.15. The van der Waals surface area contributed by atoms with Crippen LogP contribution in [-0.2, 0) is 0 Å². The maximum atomic E-state index is 13.6. The van der Waals surface area contributed by atoms with E-state index in [1.54, 1.807) is 0 Å². The second-order valence-electron chi connectivity index (χ2n) is 4.61. The monoisotopic (exact) mass is 241 g/mol. The summed E-state index contributed by atoms with van der Waals surface area (Å²) >= 11 is 0. The molecule has 5 heteroatoms. The van der Waals surface area contributed by atoms with Gasteiger partial charge in [0.25, 0.3) is 0 Å². The zero-order valence-corrected chi connectivity index (χ0v) is 9.84. The number of hydrogen-bond acceptors (Lipinski definition) is 3. The molecule has 0 radical (unpaired) electrons. The van der Waals surface area contributed by atoms with Crippen LogP contribution in [0.25, 0.3) is 0 Å². The van der Waals surface area contributed by atoms with E-state index < -0.39 is 11.6 Å². The van der Waals surface area contributed by atoms with Crippen molar-refractivity contribution in [1.82, 2.24) is 4.90 Å². The number of piperidine rings is 1. The molecule has 0 spiro atoms. The third-order valence-electron chi connectivity index (χ3n) is 3.04. The highest BCUT2D eigenvalue weighted by molar-refractivity contribution is 5.54. The van der Waals surface area contributed by atoms with Crippen LogP contribution in [0.3, 0.4) is 0 Å². The molecule has 1 heterocycles. The molecule has 1 aliphatic rings. The minimum Gasteiger partial charge on any atom is -0.399 e. The van der Waals surface area contributed by atoms with Gasteiger partial charge in [-0.1, -0.05) is 0 Å². The molecule has 2 rings (SSSR count). The van der Waals surface area contributed by atoms with Crippen molar-refractivity contribution in [2.45, 2.75) is 18.9 Å². The fourth-order valence-corrected chi connectivity index (χ4v) is 2.22. The molecule has 0 aliphatic carbocycles. The lowest BCUT2D eigenvalue weighted by Gasteiger charge is -2.31. The third kappa shape index (κ3) is 2.85. The first-order valence-corrected chi connectivity index (χ1v) is 5.76. The Morgan fingerprint density at radius 1 is 1.35 bits per heavy atom. The van der Waals surface area contributed by atoms with Gasteiger partial charge in [0.15, 0.2) is 11.6 Å². The Morgan fingerprint density at radius 3 is 2.59 bits per heavy atom. The van der Waals surface area contributed by atoms with Crippen molar-refractivity contribution in [1.29, 1.82) is 0 Å². The van der Waals surface area contributed by atoms with E-state index in [1.807, 2.05) is 7.05 Å². The van der Waals surface area contributed by atoms with Crippen molar-refractivity contribution < 1.29 is 8.78 Å². The van der Waals surface area contributed by atoms with Crippen LogP contribution in [0.2, 0.25) is 0 Å². The molecule has 94 valence electrons. The molecular weight excluding hydrogens is 224 g/mol. The van der Waals surface area contributed by atoms with Gasteiger partial charge in [-0.25, -0.2) is 8.78 Å². The zero-order valence-electron chi connectivity index (χ0n) is 9.84. The van der Waals surface area contributed by atoms with E-state index in [4.69, 9.17) is 5.73 Å².